The summed E-state index contributed by atoms with van der Waals surface area (Å²) in [6.45, 7) is 3.45. The number of likely N-dealkylation sites (tertiary alicyclic amines) is 1. The SMILES string of the molecule is CN1CCC[C@]2(CO)CCN(c3ccnc4ccccc34)C[C@@H]12. The van der Waals surface area contributed by atoms with E-state index in [1.54, 1.807) is 0 Å². The Bertz CT molecular complexity index is 699. The first-order valence-electron chi connectivity index (χ1n) is 8.63. The highest BCUT2D eigenvalue weighted by molar-refractivity contribution is 5.91. The van der Waals surface area contributed by atoms with Gasteiger partial charge in [-0.1, -0.05) is 18.2 Å². The summed E-state index contributed by atoms with van der Waals surface area (Å²) in [5.74, 6) is 0. The molecule has 3 heterocycles. The zero-order valence-corrected chi connectivity index (χ0v) is 13.8. The van der Waals surface area contributed by atoms with Gasteiger partial charge in [-0.25, -0.2) is 0 Å². The molecule has 1 aromatic heterocycles. The van der Waals surface area contributed by atoms with E-state index in [-0.39, 0.29) is 5.41 Å². The van der Waals surface area contributed by atoms with Gasteiger partial charge in [-0.15, -0.1) is 0 Å². The Balaban J connectivity index is 1.69. The molecule has 2 saturated heterocycles. The van der Waals surface area contributed by atoms with E-state index >= 15 is 0 Å². The zero-order chi connectivity index (χ0) is 15.9. The molecule has 4 rings (SSSR count). The van der Waals surface area contributed by atoms with Gasteiger partial charge >= 0.3 is 0 Å². The third kappa shape index (κ3) is 2.41. The molecule has 2 aliphatic rings. The minimum absolute atomic E-state index is 0.0896. The molecule has 2 atom stereocenters. The number of aromatic nitrogens is 1. The lowest BCUT2D eigenvalue weighted by Gasteiger charge is -2.54. The van der Waals surface area contributed by atoms with Crippen LogP contribution in [0.5, 0.6) is 0 Å². The van der Waals surface area contributed by atoms with Crippen LogP contribution < -0.4 is 4.90 Å². The van der Waals surface area contributed by atoms with Gasteiger partial charge in [-0.3, -0.25) is 4.98 Å². The first-order valence-corrected chi connectivity index (χ1v) is 8.63. The number of hydrogen-bond acceptors (Lipinski definition) is 4. The number of benzene rings is 1. The maximum absolute atomic E-state index is 10.1. The van der Waals surface area contributed by atoms with Gasteiger partial charge in [0, 0.05) is 41.8 Å². The Morgan fingerprint density at radius 2 is 2.09 bits per heavy atom. The molecule has 4 nitrogen and oxygen atoms in total. The minimum Gasteiger partial charge on any atom is -0.396 e. The molecular weight excluding hydrogens is 286 g/mol. The van der Waals surface area contributed by atoms with E-state index in [0.29, 0.717) is 12.6 Å². The lowest BCUT2D eigenvalue weighted by atomic mass is 9.69. The van der Waals surface area contributed by atoms with Crippen molar-refractivity contribution in [3.05, 3.63) is 36.5 Å². The zero-order valence-electron chi connectivity index (χ0n) is 13.8. The lowest BCUT2D eigenvalue weighted by molar-refractivity contribution is -0.0275. The van der Waals surface area contributed by atoms with Gasteiger partial charge in [-0.2, -0.15) is 0 Å². The molecule has 0 spiro atoms. The third-order valence-electron chi connectivity index (χ3n) is 5.98. The molecular formula is C19H25N3O. The van der Waals surface area contributed by atoms with Crippen LogP contribution in [0.25, 0.3) is 10.9 Å². The van der Waals surface area contributed by atoms with Crippen molar-refractivity contribution in [3.8, 4) is 0 Å². The molecule has 0 aliphatic carbocycles. The van der Waals surface area contributed by atoms with E-state index in [2.05, 4.69) is 46.1 Å². The fourth-order valence-electron chi connectivity index (χ4n) is 4.59. The van der Waals surface area contributed by atoms with E-state index < -0.39 is 0 Å². The van der Waals surface area contributed by atoms with E-state index in [1.165, 1.54) is 17.5 Å². The van der Waals surface area contributed by atoms with Gasteiger partial charge < -0.3 is 14.9 Å². The molecule has 1 N–H and O–H groups in total. The predicted molar refractivity (Wildman–Crippen MR) is 93.7 cm³/mol. The molecule has 0 unspecified atom stereocenters. The molecule has 2 aromatic rings. The molecule has 122 valence electrons. The van der Waals surface area contributed by atoms with E-state index in [0.717, 1.165) is 38.0 Å². The molecule has 0 bridgehead atoms. The van der Waals surface area contributed by atoms with Crippen LogP contribution in [-0.4, -0.2) is 54.3 Å². The number of aliphatic hydroxyl groups is 1. The fourth-order valence-corrected chi connectivity index (χ4v) is 4.59. The summed E-state index contributed by atoms with van der Waals surface area (Å²) in [5.41, 5.74) is 2.42. The summed E-state index contributed by atoms with van der Waals surface area (Å²) in [5, 5.41) is 11.3. The van der Waals surface area contributed by atoms with Crippen molar-refractivity contribution in [2.24, 2.45) is 5.41 Å². The predicted octanol–water partition coefficient (Wildman–Crippen LogP) is 2.52. The second kappa shape index (κ2) is 5.77. The summed E-state index contributed by atoms with van der Waals surface area (Å²) in [6, 6.07) is 10.9. The fraction of sp³-hybridized carbons (Fsp3) is 0.526. The van der Waals surface area contributed by atoms with Crippen molar-refractivity contribution in [1.29, 1.82) is 0 Å². The topological polar surface area (TPSA) is 39.6 Å². The Morgan fingerprint density at radius 1 is 1.22 bits per heavy atom. The van der Waals surface area contributed by atoms with Crippen LogP contribution in [0.1, 0.15) is 19.3 Å². The smallest absolute Gasteiger partial charge is 0.0722 e. The van der Waals surface area contributed by atoms with Crippen molar-refractivity contribution in [1.82, 2.24) is 9.88 Å². The number of aliphatic hydroxyl groups excluding tert-OH is 1. The van der Waals surface area contributed by atoms with Crippen molar-refractivity contribution in [3.63, 3.8) is 0 Å². The number of para-hydroxylation sites is 1. The van der Waals surface area contributed by atoms with Gasteiger partial charge in [0.15, 0.2) is 0 Å². The lowest BCUT2D eigenvalue weighted by Crippen LogP contribution is -2.61. The molecule has 0 saturated carbocycles. The largest absolute Gasteiger partial charge is 0.396 e. The van der Waals surface area contributed by atoms with Gasteiger partial charge in [-0.05, 0) is 45.0 Å². The van der Waals surface area contributed by atoms with Crippen molar-refractivity contribution in [2.75, 3.05) is 38.2 Å². The number of rotatable bonds is 2. The Hall–Kier alpha value is -1.65. The molecule has 0 amide bonds. The number of likely N-dealkylation sites (N-methyl/N-ethyl adjacent to an activating group) is 1. The van der Waals surface area contributed by atoms with Gasteiger partial charge in [0.05, 0.1) is 12.1 Å². The van der Waals surface area contributed by atoms with E-state index in [4.69, 9.17) is 0 Å². The van der Waals surface area contributed by atoms with Gasteiger partial charge in [0.2, 0.25) is 0 Å². The van der Waals surface area contributed by atoms with Gasteiger partial charge in [0.25, 0.3) is 0 Å². The maximum Gasteiger partial charge on any atom is 0.0722 e. The number of anilines is 1. The Labute approximate surface area is 137 Å². The summed E-state index contributed by atoms with van der Waals surface area (Å²) in [6.07, 6.45) is 5.33. The highest BCUT2D eigenvalue weighted by Gasteiger charge is 2.46. The summed E-state index contributed by atoms with van der Waals surface area (Å²) >= 11 is 0. The standard InChI is InChI=1S/C19H25N3O/c1-21-11-4-8-19(14-23)9-12-22(13-18(19)21)17-7-10-20-16-6-3-2-5-15(16)17/h2-3,5-7,10,18,23H,4,8-9,11-14H2,1H3/t18-,19-/m1/s1. The molecule has 2 fully saturated rings. The van der Waals surface area contributed by atoms with E-state index in [9.17, 15) is 5.11 Å². The Kier molecular flexibility index (Phi) is 3.74. The highest BCUT2D eigenvalue weighted by Crippen LogP contribution is 2.43. The molecule has 2 aliphatic heterocycles. The summed E-state index contributed by atoms with van der Waals surface area (Å²) in [7, 11) is 2.21. The van der Waals surface area contributed by atoms with Crippen LogP contribution in [0.3, 0.4) is 0 Å². The number of piperidine rings is 2. The first kappa shape index (κ1) is 14.9. The maximum atomic E-state index is 10.1. The number of hydrogen-bond donors (Lipinski definition) is 1. The second-order valence-electron chi connectivity index (χ2n) is 7.16. The number of pyridine rings is 1. The van der Waals surface area contributed by atoms with Crippen molar-refractivity contribution < 1.29 is 5.11 Å². The normalized spacial score (nSPS) is 28.8. The molecule has 1 aromatic carbocycles. The quantitative estimate of drug-likeness (QED) is 0.925. The van der Waals surface area contributed by atoms with Crippen LogP contribution >= 0.6 is 0 Å². The number of fused-ring (bicyclic) bond motifs is 2. The van der Waals surface area contributed by atoms with Crippen LogP contribution in [-0.2, 0) is 0 Å². The Morgan fingerprint density at radius 3 is 2.96 bits per heavy atom. The minimum atomic E-state index is 0.0896. The van der Waals surface area contributed by atoms with Crippen LogP contribution in [0, 0.1) is 5.41 Å². The van der Waals surface area contributed by atoms with Crippen LogP contribution in [0.15, 0.2) is 36.5 Å². The summed E-state index contributed by atoms with van der Waals surface area (Å²) < 4.78 is 0. The molecule has 23 heavy (non-hydrogen) atoms. The van der Waals surface area contributed by atoms with Gasteiger partial charge in [0.1, 0.15) is 0 Å². The van der Waals surface area contributed by atoms with Crippen molar-refractivity contribution in [2.45, 2.75) is 25.3 Å². The van der Waals surface area contributed by atoms with Crippen molar-refractivity contribution >= 4 is 16.6 Å². The average Bonchev–Trinajstić information content (AvgIpc) is 2.61. The van der Waals surface area contributed by atoms with Crippen LogP contribution in [0.2, 0.25) is 0 Å². The second-order valence-corrected chi connectivity index (χ2v) is 7.16. The number of nitrogens with zero attached hydrogens (tertiary/aromatic N) is 3. The van der Waals surface area contributed by atoms with E-state index in [1.807, 2.05) is 12.3 Å². The third-order valence-corrected chi connectivity index (χ3v) is 5.98. The summed E-state index contributed by atoms with van der Waals surface area (Å²) in [4.78, 5) is 9.43. The highest BCUT2D eigenvalue weighted by atomic mass is 16.3. The average molecular weight is 311 g/mol. The van der Waals surface area contributed by atoms with Crippen LogP contribution in [0.4, 0.5) is 5.69 Å². The monoisotopic (exact) mass is 311 g/mol. The molecule has 4 heteroatoms. The molecule has 0 radical (unpaired) electrons. The first-order chi connectivity index (χ1) is 11.2.